The van der Waals surface area contributed by atoms with Gasteiger partial charge in [0.25, 0.3) is 0 Å². The van der Waals surface area contributed by atoms with E-state index in [4.69, 9.17) is 23.2 Å². The zero-order chi connectivity index (χ0) is 22.4. The number of halogens is 2. The Hall–Kier alpha value is -2.38. The van der Waals surface area contributed by atoms with Crippen LogP contribution in [0, 0.1) is 6.92 Å². The van der Waals surface area contributed by atoms with E-state index in [0.29, 0.717) is 17.1 Å². The summed E-state index contributed by atoms with van der Waals surface area (Å²) in [6.07, 6.45) is -0.101. The summed E-state index contributed by atoms with van der Waals surface area (Å²) in [7, 11) is -3.87. The zero-order valence-electron chi connectivity index (χ0n) is 16.8. The molecular formula is C23H22Cl2N2O3S. The van der Waals surface area contributed by atoms with Crippen molar-refractivity contribution in [3.05, 3.63) is 99.5 Å². The molecule has 162 valence electrons. The molecule has 0 saturated heterocycles. The first-order valence-electron chi connectivity index (χ1n) is 9.59. The van der Waals surface area contributed by atoms with Gasteiger partial charge in [-0.3, -0.25) is 4.79 Å². The van der Waals surface area contributed by atoms with Crippen LogP contribution in [0.1, 0.15) is 29.2 Å². The van der Waals surface area contributed by atoms with Gasteiger partial charge < -0.3 is 5.32 Å². The lowest BCUT2D eigenvalue weighted by atomic mass is 10.0. The molecule has 3 aromatic carbocycles. The number of benzene rings is 3. The minimum absolute atomic E-state index is 0.101. The summed E-state index contributed by atoms with van der Waals surface area (Å²) in [5.74, 6) is -0.300. The molecule has 0 heterocycles. The molecule has 5 nitrogen and oxygen atoms in total. The van der Waals surface area contributed by atoms with Gasteiger partial charge in [0.1, 0.15) is 0 Å². The molecule has 0 bridgehead atoms. The summed E-state index contributed by atoms with van der Waals surface area (Å²) >= 11 is 12.1. The summed E-state index contributed by atoms with van der Waals surface area (Å²) in [5.41, 5.74) is 2.43. The first-order chi connectivity index (χ1) is 14.7. The van der Waals surface area contributed by atoms with Crippen molar-refractivity contribution < 1.29 is 13.2 Å². The van der Waals surface area contributed by atoms with Crippen LogP contribution < -0.4 is 10.0 Å². The van der Waals surface area contributed by atoms with Crippen LogP contribution >= 0.6 is 23.2 Å². The third kappa shape index (κ3) is 6.55. The number of aryl methyl sites for hydroxylation is 1. The maximum atomic E-state index is 12.9. The molecule has 1 atom stereocenters. The second kappa shape index (κ2) is 10.3. The fourth-order valence-electron chi connectivity index (χ4n) is 2.98. The minimum atomic E-state index is -3.87. The number of carbonyl (C=O) groups is 1. The molecule has 2 N–H and O–H groups in total. The van der Waals surface area contributed by atoms with Crippen LogP contribution in [-0.2, 0) is 21.4 Å². The molecule has 0 saturated carbocycles. The monoisotopic (exact) mass is 476 g/mol. The van der Waals surface area contributed by atoms with E-state index >= 15 is 0 Å². The first-order valence-corrected chi connectivity index (χ1v) is 11.8. The Balaban J connectivity index is 1.81. The normalized spacial score (nSPS) is 12.4. The number of nitrogens with one attached hydrogen (secondary N) is 2. The van der Waals surface area contributed by atoms with E-state index < -0.39 is 16.1 Å². The number of carbonyl (C=O) groups excluding carboxylic acids is 1. The lowest BCUT2D eigenvalue weighted by Crippen LogP contribution is -2.33. The van der Waals surface area contributed by atoms with Gasteiger partial charge in [0.05, 0.1) is 21.0 Å². The van der Waals surface area contributed by atoms with Gasteiger partial charge in [-0.25, -0.2) is 13.1 Å². The molecule has 8 heteroatoms. The minimum Gasteiger partial charge on any atom is -0.352 e. The molecule has 0 aliphatic rings. The number of hydrogen-bond acceptors (Lipinski definition) is 3. The average Bonchev–Trinajstić information content (AvgIpc) is 2.74. The maximum absolute atomic E-state index is 12.9. The molecule has 0 aliphatic heterocycles. The van der Waals surface area contributed by atoms with Gasteiger partial charge in [-0.05, 0) is 42.3 Å². The van der Waals surface area contributed by atoms with E-state index in [9.17, 15) is 13.2 Å². The largest absolute Gasteiger partial charge is 0.352 e. The Morgan fingerprint density at radius 2 is 1.61 bits per heavy atom. The van der Waals surface area contributed by atoms with Gasteiger partial charge in [0.15, 0.2) is 0 Å². The van der Waals surface area contributed by atoms with Crippen LogP contribution in [0.15, 0.2) is 77.7 Å². The topological polar surface area (TPSA) is 75.3 Å². The number of hydrogen-bond donors (Lipinski definition) is 2. The highest BCUT2D eigenvalue weighted by Gasteiger charge is 2.24. The standard InChI is InChI=1S/C23H22Cl2N2O3S/c1-16-7-10-19(11-8-16)31(29,30)27-22(18-9-12-20(24)21(25)13-18)14-23(28)26-15-17-5-3-2-4-6-17/h2-13,22,27H,14-15H2,1H3,(H,26,28)/t22-/m0/s1. The Morgan fingerprint density at radius 3 is 2.26 bits per heavy atom. The molecule has 0 radical (unpaired) electrons. The van der Waals surface area contributed by atoms with E-state index in [1.807, 2.05) is 37.3 Å². The Morgan fingerprint density at radius 1 is 0.935 bits per heavy atom. The van der Waals surface area contributed by atoms with Gasteiger partial charge in [0, 0.05) is 13.0 Å². The smallest absolute Gasteiger partial charge is 0.241 e. The summed E-state index contributed by atoms with van der Waals surface area (Å²) in [4.78, 5) is 12.7. The second-order valence-corrected chi connectivity index (χ2v) is 9.66. The summed E-state index contributed by atoms with van der Waals surface area (Å²) < 4.78 is 28.5. The second-order valence-electron chi connectivity index (χ2n) is 7.13. The van der Waals surface area contributed by atoms with Gasteiger partial charge in [-0.2, -0.15) is 0 Å². The predicted molar refractivity (Wildman–Crippen MR) is 124 cm³/mol. The SMILES string of the molecule is Cc1ccc(S(=O)(=O)N[C@@H](CC(=O)NCc2ccccc2)c2ccc(Cl)c(Cl)c2)cc1. The molecular weight excluding hydrogens is 455 g/mol. The van der Waals surface area contributed by atoms with Crippen molar-refractivity contribution >= 4 is 39.1 Å². The number of rotatable bonds is 8. The average molecular weight is 477 g/mol. The number of amides is 1. The van der Waals surface area contributed by atoms with Gasteiger partial charge in [-0.1, -0.05) is 77.3 Å². The maximum Gasteiger partial charge on any atom is 0.241 e. The van der Waals surface area contributed by atoms with E-state index in [2.05, 4.69) is 10.0 Å². The van der Waals surface area contributed by atoms with Crippen molar-refractivity contribution in [2.24, 2.45) is 0 Å². The van der Waals surface area contributed by atoms with Gasteiger partial charge in [-0.15, -0.1) is 0 Å². The van der Waals surface area contributed by atoms with Crippen molar-refractivity contribution in [3.8, 4) is 0 Å². The molecule has 0 aromatic heterocycles. The number of sulfonamides is 1. The molecule has 0 fully saturated rings. The summed E-state index contributed by atoms with van der Waals surface area (Å²) in [6.45, 7) is 2.22. The molecule has 0 spiro atoms. The van der Waals surface area contributed by atoms with E-state index in [1.54, 1.807) is 30.3 Å². The van der Waals surface area contributed by atoms with Crippen LogP contribution in [0.5, 0.6) is 0 Å². The Labute approximate surface area is 192 Å². The van der Waals surface area contributed by atoms with Crippen LogP contribution in [0.25, 0.3) is 0 Å². The van der Waals surface area contributed by atoms with Gasteiger partial charge >= 0.3 is 0 Å². The lowest BCUT2D eigenvalue weighted by molar-refractivity contribution is -0.121. The fraction of sp³-hybridized carbons (Fsp3) is 0.174. The molecule has 0 aliphatic carbocycles. The van der Waals surface area contributed by atoms with Crippen molar-refractivity contribution in [3.63, 3.8) is 0 Å². The third-order valence-corrected chi connectivity index (χ3v) is 6.92. The highest BCUT2D eigenvalue weighted by atomic mass is 35.5. The van der Waals surface area contributed by atoms with Crippen LogP contribution in [0.2, 0.25) is 10.0 Å². The highest BCUT2D eigenvalue weighted by Crippen LogP contribution is 2.28. The van der Waals surface area contributed by atoms with Crippen LogP contribution in [0.3, 0.4) is 0 Å². The van der Waals surface area contributed by atoms with Crippen LogP contribution in [-0.4, -0.2) is 14.3 Å². The quantitative estimate of drug-likeness (QED) is 0.478. The third-order valence-electron chi connectivity index (χ3n) is 4.70. The predicted octanol–water partition coefficient (Wildman–Crippen LogP) is 5.03. The van der Waals surface area contributed by atoms with Crippen molar-refractivity contribution in [2.75, 3.05) is 0 Å². The Bertz CT molecular complexity index is 1150. The highest BCUT2D eigenvalue weighted by molar-refractivity contribution is 7.89. The van der Waals surface area contributed by atoms with Crippen molar-refractivity contribution in [1.82, 2.24) is 10.0 Å². The lowest BCUT2D eigenvalue weighted by Gasteiger charge is -2.20. The summed E-state index contributed by atoms with van der Waals surface area (Å²) in [5, 5.41) is 3.45. The Kier molecular flexibility index (Phi) is 7.73. The van der Waals surface area contributed by atoms with Crippen molar-refractivity contribution in [2.45, 2.75) is 30.8 Å². The van der Waals surface area contributed by atoms with E-state index in [-0.39, 0.29) is 22.2 Å². The molecule has 3 aromatic rings. The van der Waals surface area contributed by atoms with Crippen molar-refractivity contribution in [1.29, 1.82) is 0 Å². The van der Waals surface area contributed by atoms with E-state index in [1.165, 1.54) is 12.1 Å². The molecule has 0 unspecified atom stereocenters. The van der Waals surface area contributed by atoms with Gasteiger partial charge in [0.2, 0.25) is 15.9 Å². The molecule has 31 heavy (non-hydrogen) atoms. The first kappa shape index (κ1) is 23.3. The fourth-order valence-corrected chi connectivity index (χ4v) is 4.51. The van der Waals surface area contributed by atoms with E-state index in [0.717, 1.165) is 11.1 Å². The molecule has 1 amide bonds. The van der Waals surface area contributed by atoms with Crippen LogP contribution in [0.4, 0.5) is 0 Å². The molecule has 3 rings (SSSR count). The zero-order valence-corrected chi connectivity index (χ0v) is 19.1. The summed E-state index contributed by atoms with van der Waals surface area (Å²) in [6, 6.07) is 19.9.